The molecule has 4 nitrogen and oxygen atoms in total. The molecule has 0 amide bonds. The van der Waals surface area contributed by atoms with Crippen molar-refractivity contribution in [3.05, 3.63) is 29.8 Å². The highest BCUT2D eigenvalue weighted by Gasteiger charge is 2.21. The van der Waals surface area contributed by atoms with Gasteiger partial charge in [0.15, 0.2) is 0 Å². The summed E-state index contributed by atoms with van der Waals surface area (Å²) in [6, 6.07) is 8.15. The number of halogens is 1. The smallest absolute Gasteiger partial charge is 0.119 e. The van der Waals surface area contributed by atoms with Crippen LogP contribution in [-0.4, -0.2) is 49.4 Å². The molecule has 0 saturated carbocycles. The molecule has 0 spiro atoms. The Morgan fingerprint density at radius 3 is 2.42 bits per heavy atom. The minimum Gasteiger partial charge on any atom is -0.494 e. The number of hydrogen-bond acceptors (Lipinski definition) is 4. The molecule has 1 aliphatic rings. The first-order chi connectivity index (χ1) is 8.85. The van der Waals surface area contributed by atoms with Crippen LogP contribution >= 0.6 is 12.4 Å². The van der Waals surface area contributed by atoms with E-state index in [1.165, 1.54) is 0 Å². The summed E-state index contributed by atoms with van der Waals surface area (Å²) < 4.78 is 5.43. The summed E-state index contributed by atoms with van der Waals surface area (Å²) in [4.78, 5) is 2.33. The van der Waals surface area contributed by atoms with Gasteiger partial charge in [-0.05, 0) is 24.6 Å². The number of ether oxygens (including phenoxy) is 1. The van der Waals surface area contributed by atoms with Crippen LogP contribution in [0.2, 0.25) is 0 Å². The summed E-state index contributed by atoms with van der Waals surface area (Å²) in [5.74, 6) is 0.887. The van der Waals surface area contributed by atoms with Crippen LogP contribution in [0.1, 0.15) is 18.5 Å². The van der Waals surface area contributed by atoms with Crippen LogP contribution in [0.25, 0.3) is 0 Å². The maximum absolute atomic E-state index is 9.61. The van der Waals surface area contributed by atoms with Gasteiger partial charge in [-0.15, -0.1) is 12.4 Å². The molecular formula is C14H23ClN2O2. The van der Waals surface area contributed by atoms with Crippen LogP contribution in [0.4, 0.5) is 0 Å². The maximum atomic E-state index is 9.61. The van der Waals surface area contributed by atoms with Crippen molar-refractivity contribution in [2.24, 2.45) is 0 Å². The lowest BCUT2D eigenvalue weighted by molar-refractivity contribution is 0.111. The largest absolute Gasteiger partial charge is 0.494 e. The molecular weight excluding hydrogens is 264 g/mol. The second-order valence-corrected chi connectivity index (χ2v) is 4.49. The molecule has 19 heavy (non-hydrogen) atoms. The SMILES string of the molecule is CCOc1ccc([C@H](CO)N2CCNCC2)cc1.Cl. The van der Waals surface area contributed by atoms with Gasteiger partial charge in [0, 0.05) is 26.2 Å². The van der Waals surface area contributed by atoms with Crippen molar-refractivity contribution < 1.29 is 9.84 Å². The lowest BCUT2D eigenvalue weighted by atomic mass is 10.1. The number of hydrogen-bond donors (Lipinski definition) is 2. The molecule has 1 aromatic rings. The molecule has 5 heteroatoms. The number of aliphatic hydroxyl groups excluding tert-OH is 1. The third-order valence-electron chi connectivity index (χ3n) is 3.34. The van der Waals surface area contributed by atoms with Crippen LogP contribution in [0.5, 0.6) is 5.75 Å². The molecule has 0 radical (unpaired) electrons. The van der Waals surface area contributed by atoms with Crippen molar-refractivity contribution in [1.82, 2.24) is 10.2 Å². The molecule has 1 atom stereocenters. The first-order valence-electron chi connectivity index (χ1n) is 6.63. The van der Waals surface area contributed by atoms with E-state index in [0.29, 0.717) is 6.61 Å². The molecule has 0 unspecified atom stereocenters. The topological polar surface area (TPSA) is 44.7 Å². The summed E-state index contributed by atoms with van der Waals surface area (Å²) in [6.07, 6.45) is 0. The summed E-state index contributed by atoms with van der Waals surface area (Å²) in [6.45, 7) is 6.78. The van der Waals surface area contributed by atoms with Gasteiger partial charge in [-0.1, -0.05) is 12.1 Å². The van der Waals surface area contributed by atoms with Gasteiger partial charge in [0.2, 0.25) is 0 Å². The van der Waals surface area contributed by atoms with Gasteiger partial charge in [0.1, 0.15) is 5.75 Å². The second kappa shape index (κ2) is 8.38. The van der Waals surface area contributed by atoms with E-state index in [0.717, 1.165) is 37.5 Å². The molecule has 0 aliphatic carbocycles. The van der Waals surface area contributed by atoms with Crippen LogP contribution in [-0.2, 0) is 0 Å². The van der Waals surface area contributed by atoms with Gasteiger partial charge in [0.05, 0.1) is 19.3 Å². The van der Waals surface area contributed by atoms with Crippen molar-refractivity contribution in [3.8, 4) is 5.75 Å². The average Bonchev–Trinajstić information content (AvgIpc) is 2.43. The molecule has 1 saturated heterocycles. The molecule has 1 heterocycles. The Bertz CT molecular complexity index is 353. The van der Waals surface area contributed by atoms with Crippen molar-refractivity contribution in [2.75, 3.05) is 39.4 Å². The lowest BCUT2D eigenvalue weighted by Crippen LogP contribution is -2.46. The van der Waals surface area contributed by atoms with Gasteiger partial charge in [-0.3, -0.25) is 4.90 Å². The van der Waals surface area contributed by atoms with E-state index in [-0.39, 0.29) is 25.1 Å². The fourth-order valence-corrected chi connectivity index (χ4v) is 2.38. The zero-order valence-electron chi connectivity index (χ0n) is 11.3. The van der Waals surface area contributed by atoms with Crippen LogP contribution in [0.15, 0.2) is 24.3 Å². The van der Waals surface area contributed by atoms with E-state index in [1.54, 1.807) is 0 Å². The maximum Gasteiger partial charge on any atom is 0.119 e. The number of piperazine rings is 1. The Morgan fingerprint density at radius 2 is 1.89 bits per heavy atom. The Labute approximate surface area is 121 Å². The van der Waals surface area contributed by atoms with Crippen LogP contribution < -0.4 is 10.1 Å². The minimum absolute atomic E-state index is 0. The zero-order valence-corrected chi connectivity index (χ0v) is 12.2. The Hall–Kier alpha value is -0.810. The van der Waals surface area contributed by atoms with Gasteiger partial charge in [-0.25, -0.2) is 0 Å². The first-order valence-corrected chi connectivity index (χ1v) is 6.63. The van der Waals surface area contributed by atoms with Gasteiger partial charge >= 0.3 is 0 Å². The van der Waals surface area contributed by atoms with E-state index in [4.69, 9.17) is 4.74 Å². The molecule has 1 aromatic carbocycles. The Kier molecular flexibility index (Phi) is 7.16. The number of benzene rings is 1. The summed E-state index contributed by atoms with van der Waals surface area (Å²) in [5.41, 5.74) is 1.16. The standard InChI is InChI=1S/C14H22N2O2.ClH/c1-2-18-13-5-3-12(4-6-13)14(11-17)16-9-7-15-8-10-16;/h3-6,14-15,17H,2,7-11H2,1H3;1H/t14-;/m0./s1. The van der Waals surface area contributed by atoms with E-state index in [9.17, 15) is 5.11 Å². The summed E-state index contributed by atoms with van der Waals surface area (Å²) in [7, 11) is 0. The molecule has 1 fully saturated rings. The fraction of sp³-hybridized carbons (Fsp3) is 0.571. The molecule has 0 bridgehead atoms. The van der Waals surface area contributed by atoms with Crippen molar-refractivity contribution >= 4 is 12.4 Å². The van der Waals surface area contributed by atoms with Crippen molar-refractivity contribution in [1.29, 1.82) is 0 Å². The van der Waals surface area contributed by atoms with E-state index in [1.807, 2.05) is 31.2 Å². The number of nitrogens with zero attached hydrogens (tertiary/aromatic N) is 1. The molecule has 1 aliphatic heterocycles. The minimum atomic E-state index is 0. The quantitative estimate of drug-likeness (QED) is 0.860. The normalized spacial score (nSPS) is 17.6. The van der Waals surface area contributed by atoms with E-state index in [2.05, 4.69) is 10.2 Å². The van der Waals surface area contributed by atoms with Crippen LogP contribution in [0, 0.1) is 0 Å². The number of rotatable bonds is 5. The van der Waals surface area contributed by atoms with Gasteiger partial charge < -0.3 is 15.2 Å². The Morgan fingerprint density at radius 1 is 1.26 bits per heavy atom. The monoisotopic (exact) mass is 286 g/mol. The first kappa shape index (κ1) is 16.2. The zero-order chi connectivity index (χ0) is 12.8. The average molecular weight is 287 g/mol. The van der Waals surface area contributed by atoms with E-state index >= 15 is 0 Å². The van der Waals surface area contributed by atoms with E-state index < -0.39 is 0 Å². The highest BCUT2D eigenvalue weighted by atomic mass is 35.5. The number of nitrogens with one attached hydrogen (secondary N) is 1. The van der Waals surface area contributed by atoms with Gasteiger partial charge in [0.25, 0.3) is 0 Å². The number of aliphatic hydroxyl groups is 1. The van der Waals surface area contributed by atoms with Crippen LogP contribution in [0.3, 0.4) is 0 Å². The summed E-state index contributed by atoms with van der Waals surface area (Å²) in [5, 5.41) is 12.9. The second-order valence-electron chi connectivity index (χ2n) is 4.49. The Balaban J connectivity index is 0.00000180. The van der Waals surface area contributed by atoms with Gasteiger partial charge in [-0.2, -0.15) is 0 Å². The summed E-state index contributed by atoms with van der Waals surface area (Å²) >= 11 is 0. The molecule has 2 N–H and O–H groups in total. The molecule has 0 aromatic heterocycles. The predicted octanol–water partition coefficient (Wildman–Crippen LogP) is 1.45. The predicted molar refractivity (Wildman–Crippen MR) is 79.1 cm³/mol. The third kappa shape index (κ3) is 4.35. The molecule has 108 valence electrons. The highest BCUT2D eigenvalue weighted by Crippen LogP contribution is 2.23. The fourth-order valence-electron chi connectivity index (χ4n) is 2.38. The third-order valence-corrected chi connectivity index (χ3v) is 3.34. The van der Waals surface area contributed by atoms with Crippen molar-refractivity contribution in [2.45, 2.75) is 13.0 Å². The lowest BCUT2D eigenvalue weighted by Gasteiger charge is -2.34. The molecule has 2 rings (SSSR count). The highest BCUT2D eigenvalue weighted by molar-refractivity contribution is 5.85. The van der Waals surface area contributed by atoms with Crippen molar-refractivity contribution in [3.63, 3.8) is 0 Å².